The Labute approximate surface area is 192 Å². The SMILES string of the molecule is Cc1cc(C(=O)COC(=O)c2cc(S(C)(=O)=O)ccc2Cl)c(C)n1CCc1ccccc1. The molecule has 32 heavy (non-hydrogen) atoms. The molecule has 8 heteroatoms. The van der Waals surface area contributed by atoms with Gasteiger partial charge in [0.25, 0.3) is 0 Å². The minimum Gasteiger partial charge on any atom is -0.454 e. The normalized spacial score (nSPS) is 11.4. The van der Waals surface area contributed by atoms with Crippen molar-refractivity contribution in [2.24, 2.45) is 0 Å². The smallest absolute Gasteiger partial charge is 0.340 e. The lowest BCUT2D eigenvalue weighted by molar-refractivity contribution is 0.0474. The van der Waals surface area contributed by atoms with Gasteiger partial charge in [-0.1, -0.05) is 41.9 Å². The largest absolute Gasteiger partial charge is 0.454 e. The van der Waals surface area contributed by atoms with Crippen molar-refractivity contribution in [3.8, 4) is 0 Å². The van der Waals surface area contributed by atoms with E-state index in [1.54, 1.807) is 6.07 Å². The molecule has 0 atom stereocenters. The summed E-state index contributed by atoms with van der Waals surface area (Å²) in [4.78, 5) is 25.1. The highest BCUT2D eigenvalue weighted by molar-refractivity contribution is 7.90. The van der Waals surface area contributed by atoms with Gasteiger partial charge in [-0.05, 0) is 50.1 Å². The predicted molar refractivity (Wildman–Crippen MR) is 123 cm³/mol. The fourth-order valence-corrected chi connectivity index (χ4v) is 4.33. The number of rotatable bonds is 8. The van der Waals surface area contributed by atoms with Gasteiger partial charge in [-0.3, -0.25) is 4.79 Å². The molecular formula is C24H24ClNO5S. The van der Waals surface area contributed by atoms with E-state index in [1.165, 1.54) is 17.7 Å². The van der Waals surface area contributed by atoms with Crippen LogP contribution in [0.25, 0.3) is 0 Å². The number of nitrogens with zero attached hydrogens (tertiary/aromatic N) is 1. The van der Waals surface area contributed by atoms with Crippen molar-refractivity contribution in [2.75, 3.05) is 12.9 Å². The van der Waals surface area contributed by atoms with E-state index >= 15 is 0 Å². The number of ketones is 1. The Morgan fingerprint density at radius 3 is 2.34 bits per heavy atom. The first-order chi connectivity index (χ1) is 15.1. The first kappa shape index (κ1) is 23.8. The second-order valence-corrected chi connectivity index (χ2v) is 10.0. The quantitative estimate of drug-likeness (QED) is 0.356. The summed E-state index contributed by atoms with van der Waals surface area (Å²) in [6, 6.07) is 15.6. The van der Waals surface area contributed by atoms with E-state index in [9.17, 15) is 18.0 Å². The lowest BCUT2D eigenvalue weighted by Crippen LogP contribution is -2.16. The third-order valence-corrected chi connectivity index (χ3v) is 6.70. The van der Waals surface area contributed by atoms with Gasteiger partial charge in [0.1, 0.15) is 0 Å². The highest BCUT2D eigenvalue weighted by Gasteiger charge is 2.20. The molecule has 0 amide bonds. The molecule has 2 aromatic carbocycles. The topological polar surface area (TPSA) is 82.4 Å². The van der Waals surface area contributed by atoms with Crippen molar-refractivity contribution in [2.45, 2.75) is 31.7 Å². The number of carbonyl (C=O) groups is 2. The van der Waals surface area contributed by atoms with E-state index < -0.39 is 22.4 Å². The number of carbonyl (C=O) groups excluding carboxylic acids is 2. The number of halogens is 1. The summed E-state index contributed by atoms with van der Waals surface area (Å²) in [6.45, 7) is 4.04. The van der Waals surface area contributed by atoms with Crippen LogP contribution in [0, 0.1) is 13.8 Å². The average molecular weight is 474 g/mol. The molecule has 0 bridgehead atoms. The van der Waals surface area contributed by atoms with Crippen LogP contribution in [-0.2, 0) is 27.5 Å². The van der Waals surface area contributed by atoms with Gasteiger partial charge in [0, 0.05) is 29.8 Å². The molecule has 0 unspecified atom stereocenters. The van der Waals surface area contributed by atoms with Crippen LogP contribution in [0.15, 0.2) is 59.5 Å². The van der Waals surface area contributed by atoms with Gasteiger partial charge < -0.3 is 9.30 Å². The maximum atomic E-state index is 12.7. The maximum absolute atomic E-state index is 12.7. The predicted octanol–water partition coefficient (Wildman–Crippen LogP) is 4.44. The fourth-order valence-electron chi connectivity index (χ4n) is 3.49. The third-order valence-electron chi connectivity index (χ3n) is 5.26. The van der Waals surface area contributed by atoms with Crippen LogP contribution < -0.4 is 0 Å². The zero-order valence-corrected chi connectivity index (χ0v) is 19.7. The second kappa shape index (κ2) is 9.71. The number of ether oxygens (including phenoxy) is 1. The lowest BCUT2D eigenvalue weighted by atomic mass is 10.1. The van der Waals surface area contributed by atoms with Gasteiger partial charge in [-0.25, -0.2) is 13.2 Å². The molecule has 0 radical (unpaired) electrons. The summed E-state index contributed by atoms with van der Waals surface area (Å²) in [6.07, 6.45) is 1.86. The third kappa shape index (κ3) is 5.47. The first-order valence-electron chi connectivity index (χ1n) is 9.98. The molecule has 3 rings (SSSR count). The van der Waals surface area contributed by atoms with Crippen LogP contribution in [0.1, 0.15) is 37.7 Å². The van der Waals surface area contributed by atoms with Gasteiger partial charge in [0.05, 0.1) is 15.5 Å². The Morgan fingerprint density at radius 1 is 1.00 bits per heavy atom. The van der Waals surface area contributed by atoms with Crippen LogP contribution in [0.5, 0.6) is 0 Å². The standard InChI is InChI=1S/C24H24ClNO5S/c1-16-13-20(17(2)26(16)12-11-18-7-5-4-6-8-18)23(27)15-31-24(28)21-14-19(32(3,29)30)9-10-22(21)25/h4-10,13-14H,11-12,15H2,1-3H3. The average Bonchev–Trinajstić information content (AvgIpc) is 3.04. The fraction of sp³-hybridized carbons (Fsp3) is 0.250. The summed E-state index contributed by atoms with van der Waals surface area (Å²) < 4.78 is 30.7. The Kier molecular flexibility index (Phi) is 7.21. The van der Waals surface area contributed by atoms with E-state index in [0.29, 0.717) is 5.56 Å². The monoisotopic (exact) mass is 473 g/mol. The van der Waals surface area contributed by atoms with Crippen LogP contribution >= 0.6 is 11.6 Å². The number of hydrogen-bond acceptors (Lipinski definition) is 5. The van der Waals surface area contributed by atoms with E-state index in [-0.39, 0.29) is 21.3 Å². The molecule has 0 saturated heterocycles. The molecule has 0 N–H and O–H groups in total. The van der Waals surface area contributed by atoms with Crippen molar-refractivity contribution in [1.82, 2.24) is 4.57 Å². The number of sulfone groups is 1. The van der Waals surface area contributed by atoms with Gasteiger partial charge >= 0.3 is 5.97 Å². The molecule has 168 valence electrons. The van der Waals surface area contributed by atoms with Crippen LogP contribution in [-0.4, -0.2) is 37.6 Å². The first-order valence-corrected chi connectivity index (χ1v) is 12.3. The number of esters is 1. The second-order valence-electron chi connectivity index (χ2n) is 7.59. The van der Waals surface area contributed by atoms with E-state index in [4.69, 9.17) is 16.3 Å². The van der Waals surface area contributed by atoms with Gasteiger partial charge in [-0.2, -0.15) is 0 Å². The molecule has 0 spiro atoms. The molecule has 6 nitrogen and oxygen atoms in total. The van der Waals surface area contributed by atoms with Crippen molar-refractivity contribution >= 4 is 33.2 Å². The van der Waals surface area contributed by atoms with Gasteiger partial charge in [0.2, 0.25) is 5.78 Å². The zero-order valence-electron chi connectivity index (χ0n) is 18.1. The summed E-state index contributed by atoms with van der Waals surface area (Å²) >= 11 is 6.02. The van der Waals surface area contributed by atoms with E-state index in [1.807, 2.05) is 32.0 Å². The van der Waals surface area contributed by atoms with Gasteiger partial charge in [-0.15, -0.1) is 0 Å². The van der Waals surface area contributed by atoms with Crippen LogP contribution in [0.2, 0.25) is 5.02 Å². The minimum absolute atomic E-state index is 0.0499. The molecule has 1 aromatic heterocycles. The Bertz CT molecular complexity index is 1260. The van der Waals surface area contributed by atoms with Crippen molar-refractivity contribution in [3.63, 3.8) is 0 Å². The molecule has 0 aliphatic carbocycles. The summed E-state index contributed by atoms with van der Waals surface area (Å²) in [7, 11) is -3.52. The van der Waals surface area contributed by atoms with Crippen molar-refractivity contribution in [1.29, 1.82) is 0 Å². The molecule has 3 aromatic rings. The highest BCUT2D eigenvalue weighted by atomic mass is 35.5. The Morgan fingerprint density at radius 2 is 1.69 bits per heavy atom. The Hall–Kier alpha value is -2.90. The minimum atomic E-state index is -3.52. The maximum Gasteiger partial charge on any atom is 0.340 e. The van der Waals surface area contributed by atoms with Crippen molar-refractivity contribution in [3.05, 3.63) is 87.7 Å². The number of aromatic nitrogens is 1. The van der Waals surface area contributed by atoms with E-state index in [2.05, 4.69) is 16.7 Å². The number of Topliss-reactive ketones (excluding diaryl/α,β-unsaturated/α-hetero) is 1. The Balaban J connectivity index is 1.70. The highest BCUT2D eigenvalue weighted by Crippen LogP contribution is 2.22. The van der Waals surface area contributed by atoms with Gasteiger partial charge in [0.15, 0.2) is 16.4 Å². The summed E-state index contributed by atoms with van der Waals surface area (Å²) in [5, 5.41) is 0.0499. The van der Waals surface area contributed by atoms with Crippen LogP contribution in [0.3, 0.4) is 0 Å². The molecule has 0 fully saturated rings. The molecule has 0 aliphatic heterocycles. The zero-order chi connectivity index (χ0) is 23.5. The van der Waals surface area contributed by atoms with Crippen LogP contribution in [0.4, 0.5) is 0 Å². The number of benzene rings is 2. The lowest BCUT2D eigenvalue weighted by Gasteiger charge is -2.10. The number of hydrogen-bond donors (Lipinski definition) is 0. The molecule has 0 saturated carbocycles. The summed E-state index contributed by atoms with van der Waals surface area (Å²) in [5.74, 6) is -1.19. The number of aryl methyl sites for hydroxylation is 2. The molecular weight excluding hydrogens is 450 g/mol. The molecule has 1 heterocycles. The molecule has 0 aliphatic rings. The van der Waals surface area contributed by atoms with Crippen molar-refractivity contribution < 1.29 is 22.7 Å². The van der Waals surface area contributed by atoms with E-state index in [0.717, 1.165) is 36.7 Å². The summed E-state index contributed by atoms with van der Waals surface area (Å²) in [5.41, 5.74) is 3.33.